The smallest absolute Gasteiger partial charge is 0.338 e. The third-order valence-corrected chi connectivity index (χ3v) is 2.55. The lowest BCUT2D eigenvalue weighted by atomic mass is 10.1. The van der Waals surface area contributed by atoms with Gasteiger partial charge in [0.15, 0.2) is 0 Å². The molecule has 1 aromatic heterocycles. The first-order chi connectivity index (χ1) is 8.63. The molecule has 0 atom stereocenters. The van der Waals surface area contributed by atoms with Gasteiger partial charge in [-0.05, 0) is 24.6 Å². The average molecular weight is 249 g/mol. The number of aromatic carboxylic acids is 1. The van der Waals surface area contributed by atoms with Gasteiger partial charge < -0.3 is 5.11 Å². The third kappa shape index (κ3) is 2.22. The fourth-order valence-corrected chi connectivity index (χ4v) is 1.71. The van der Waals surface area contributed by atoms with E-state index in [0.29, 0.717) is 17.8 Å². The number of aromatic nitrogens is 3. The van der Waals surface area contributed by atoms with Crippen LogP contribution in [0.5, 0.6) is 0 Å². The predicted octanol–water partition coefficient (Wildman–Crippen LogP) is 2.19. The lowest BCUT2D eigenvalue weighted by Gasteiger charge is -2.06. The molecule has 0 spiro atoms. The molecule has 0 aliphatic heterocycles. The summed E-state index contributed by atoms with van der Waals surface area (Å²) in [6, 6.07) is 3.96. The van der Waals surface area contributed by atoms with E-state index in [1.165, 1.54) is 18.3 Å². The highest BCUT2D eigenvalue weighted by atomic mass is 19.1. The number of benzene rings is 1. The lowest BCUT2D eigenvalue weighted by molar-refractivity contribution is 0.0692. The predicted molar refractivity (Wildman–Crippen MR) is 62.7 cm³/mol. The Bertz CT molecular complexity index is 580. The molecule has 94 valence electrons. The molecule has 1 aromatic carbocycles. The number of nitrogens with zero attached hydrogens (tertiary/aromatic N) is 3. The molecule has 18 heavy (non-hydrogen) atoms. The van der Waals surface area contributed by atoms with Gasteiger partial charge in [0.2, 0.25) is 0 Å². The Hall–Kier alpha value is -2.24. The van der Waals surface area contributed by atoms with E-state index in [1.54, 1.807) is 4.68 Å². The van der Waals surface area contributed by atoms with Crippen LogP contribution in [0.15, 0.2) is 24.4 Å². The van der Waals surface area contributed by atoms with Crippen molar-refractivity contribution in [3.8, 4) is 11.3 Å². The first-order valence-corrected chi connectivity index (χ1v) is 5.55. The summed E-state index contributed by atoms with van der Waals surface area (Å²) in [5, 5.41) is 16.6. The quantitative estimate of drug-likeness (QED) is 0.901. The van der Waals surface area contributed by atoms with Crippen molar-refractivity contribution >= 4 is 5.97 Å². The van der Waals surface area contributed by atoms with Gasteiger partial charge >= 0.3 is 5.97 Å². The molecule has 5 nitrogen and oxygen atoms in total. The molecule has 2 aromatic rings. The molecule has 0 saturated carbocycles. The highest BCUT2D eigenvalue weighted by Gasteiger charge is 2.13. The maximum Gasteiger partial charge on any atom is 0.338 e. The molecule has 0 amide bonds. The number of hydrogen-bond donors (Lipinski definition) is 1. The number of aryl methyl sites for hydroxylation is 1. The summed E-state index contributed by atoms with van der Waals surface area (Å²) >= 11 is 0. The molecule has 1 N–H and O–H groups in total. The van der Waals surface area contributed by atoms with E-state index in [0.717, 1.165) is 12.5 Å². The van der Waals surface area contributed by atoms with Gasteiger partial charge in [0.1, 0.15) is 5.82 Å². The Labute approximate surface area is 103 Å². The summed E-state index contributed by atoms with van der Waals surface area (Å²) in [4.78, 5) is 10.9. The summed E-state index contributed by atoms with van der Waals surface area (Å²) in [6.45, 7) is 2.67. The minimum Gasteiger partial charge on any atom is -0.478 e. The monoisotopic (exact) mass is 249 g/mol. The summed E-state index contributed by atoms with van der Waals surface area (Å²) < 4.78 is 15.0. The van der Waals surface area contributed by atoms with E-state index in [2.05, 4.69) is 10.3 Å². The number of carboxylic acid groups (broad SMARTS) is 1. The topological polar surface area (TPSA) is 68.0 Å². The van der Waals surface area contributed by atoms with Gasteiger partial charge in [-0.25, -0.2) is 13.9 Å². The molecule has 1 heterocycles. The van der Waals surface area contributed by atoms with Gasteiger partial charge in [0.25, 0.3) is 0 Å². The van der Waals surface area contributed by atoms with Crippen LogP contribution < -0.4 is 0 Å². The molecule has 2 rings (SSSR count). The Morgan fingerprint density at radius 1 is 1.50 bits per heavy atom. The molecular formula is C12H12FN3O2. The molecule has 6 heteroatoms. The second-order valence-corrected chi connectivity index (χ2v) is 3.84. The Morgan fingerprint density at radius 2 is 2.28 bits per heavy atom. The van der Waals surface area contributed by atoms with Crippen LogP contribution in [0.1, 0.15) is 23.7 Å². The number of hydrogen-bond acceptors (Lipinski definition) is 3. The number of halogens is 1. The maximum absolute atomic E-state index is 13.3. The number of rotatable bonds is 4. The van der Waals surface area contributed by atoms with Gasteiger partial charge in [0, 0.05) is 12.1 Å². The summed E-state index contributed by atoms with van der Waals surface area (Å²) in [7, 11) is 0. The normalized spacial score (nSPS) is 10.6. The van der Waals surface area contributed by atoms with Gasteiger partial charge in [-0.15, -0.1) is 5.10 Å². The van der Waals surface area contributed by atoms with Gasteiger partial charge in [-0.3, -0.25) is 0 Å². The van der Waals surface area contributed by atoms with Gasteiger partial charge in [-0.1, -0.05) is 12.1 Å². The van der Waals surface area contributed by atoms with Crippen LogP contribution in [0.25, 0.3) is 11.3 Å². The average Bonchev–Trinajstić information content (AvgIpc) is 2.78. The number of carbonyl (C=O) groups is 1. The first-order valence-electron chi connectivity index (χ1n) is 5.55. The summed E-state index contributed by atoms with van der Waals surface area (Å²) in [5.74, 6) is -2.04. The van der Waals surface area contributed by atoms with E-state index in [4.69, 9.17) is 5.11 Å². The Morgan fingerprint density at radius 3 is 2.94 bits per heavy atom. The van der Waals surface area contributed by atoms with E-state index >= 15 is 0 Å². The van der Waals surface area contributed by atoms with Crippen LogP contribution in [0, 0.1) is 5.82 Å². The van der Waals surface area contributed by atoms with Crippen molar-refractivity contribution in [2.75, 3.05) is 0 Å². The minimum atomic E-state index is -1.29. The molecule has 0 aliphatic carbocycles. The Kier molecular flexibility index (Phi) is 3.36. The van der Waals surface area contributed by atoms with Crippen LogP contribution >= 0.6 is 0 Å². The second-order valence-electron chi connectivity index (χ2n) is 3.84. The summed E-state index contributed by atoms with van der Waals surface area (Å²) in [6.07, 6.45) is 2.41. The largest absolute Gasteiger partial charge is 0.478 e. The van der Waals surface area contributed by atoms with E-state index in [-0.39, 0.29) is 5.56 Å². The van der Waals surface area contributed by atoms with Crippen LogP contribution in [-0.4, -0.2) is 26.1 Å². The van der Waals surface area contributed by atoms with Crippen LogP contribution in [0.2, 0.25) is 0 Å². The zero-order chi connectivity index (χ0) is 13.1. The minimum absolute atomic E-state index is 0.350. The zero-order valence-corrected chi connectivity index (χ0v) is 9.80. The maximum atomic E-state index is 13.3. The SMILES string of the molecule is CCCn1nncc1-c1ccc(F)c(C(=O)O)c1. The molecule has 0 saturated heterocycles. The van der Waals surface area contributed by atoms with Crippen molar-refractivity contribution in [1.82, 2.24) is 15.0 Å². The highest BCUT2D eigenvalue weighted by Crippen LogP contribution is 2.21. The fourth-order valence-electron chi connectivity index (χ4n) is 1.71. The van der Waals surface area contributed by atoms with Crippen molar-refractivity contribution in [2.24, 2.45) is 0 Å². The van der Waals surface area contributed by atoms with Crippen molar-refractivity contribution in [3.63, 3.8) is 0 Å². The van der Waals surface area contributed by atoms with E-state index in [1.807, 2.05) is 6.92 Å². The van der Waals surface area contributed by atoms with Crippen molar-refractivity contribution < 1.29 is 14.3 Å². The first kappa shape index (κ1) is 12.2. The molecule has 0 aliphatic rings. The molecule has 0 fully saturated rings. The second kappa shape index (κ2) is 4.95. The number of carboxylic acids is 1. The molecule has 0 radical (unpaired) electrons. The van der Waals surface area contributed by atoms with Crippen LogP contribution in [-0.2, 0) is 6.54 Å². The zero-order valence-electron chi connectivity index (χ0n) is 9.80. The van der Waals surface area contributed by atoms with Crippen LogP contribution in [0.4, 0.5) is 4.39 Å². The standard InChI is InChI=1S/C12H12FN3O2/c1-2-5-16-11(7-14-15-16)8-3-4-10(13)9(6-8)12(17)18/h3-4,6-7H,2,5H2,1H3,(H,17,18). The van der Waals surface area contributed by atoms with E-state index < -0.39 is 11.8 Å². The van der Waals surface area contributed by atoms with Crippen LogP contribution in [0.3, 0.4) is 0 Å². The highest BCUT2D eigenvalue weighted by molar-refractivity contribution is 5.89. The summed E-state index contributed by atoms with van der Waals surface area (Å²) in [5.41, 5.74) is 0.920. The van der Waals surface area contributed by atoms with Crippen molar-refractivity contribution in [3.05, 3.63) is 35.8 Å². The van der Waals surface area contributed by atoms with Gasteiger partial charge in [-0.2, -0.15) is 0 Å². The lowest BCUT2D eigenvalue weighted by Crippen LogP contribution is -2.04. The Balaban J connectivity index is 2.47. The third-order valence-electron chi connectivity index (χ3n) is 2.55. The van der Waals surface area contributed by atoms with E-state index in [9.17, 15) is 9.18 Å². The van der Waals surface area contributed by atoms with Crippen molar-refractivity contribution in [2.45, 2.75) is 19.9 Å². The molecule has 0 bridgehead atoms. The van der Waals surface area contributed by atoms with Gasteiger partial charge in [0.05, 0.1) is 17.5 Å². The van der Waals surface area contributed by atoms with Crippen molar-refractivity contribution in [1.29, 1.82) is 0 Å². The molecular weight excluding hydrogens is 237 g/mol. The fraction of sp³-hybridized carbons (Fsp3) is 0.250. The molecule has 0 unspecified atom stereocenters.